The zero-order valence-corrected chi connectivity index (χ0v) is 7.99. The van der Waals surface area contributed by atoms with E-state index in [0.29, 0.717) is 6.54 Å². The van der Waals surface area contributed by atoms with Crippen molar-refractivity contribution in [1.29, 1.82) is 5.26 Å². The van der Waals surface area contributed by atoms with Crippen molar-refractivity contribution in [1.82, 2.24) is 10.2 Å². The molecule has 0 fully saturated rings. The van der Waals surface area contributed by atoms with E-state index in [1.165, 1.54) is 11.9 Å². The molecule has 0 aromatic heterocycles. The molecule has 0 aliphatic heterocycles. The van der Waals surface area contributed by atoms with Crippen LogP contribution >= 0.6 is 0 Å². The second kappa shape index (κ2) is 6.86. The van der Waals surface area contributed by atoms with Gasteiger partial charge in [-0.2, -0.15) is 5.26 Å². The summed E-state index contributed by atoms with van der Waals surface area (Å²) < 4.78 is 0. The first-order chi connectivity index (χ1) is 6.56. The van der Waals surface area contributed by atoms with Crippen molar-refractivity contribution in [2.75, 3.05) is 26.7 Å². The number of nitrogens with one attached hydrogen (secondary N) is 1. The van der Waals surface area contributed by atoms with Gasteiger partial charge in [0, 0.05) is 6.54 Å². The van der Waals surface area contributed by atoms with Crippen LogP contribution in [-0.4, -0.2) is 48.6 Å². The molecular formula is C8H13N3O3. The Hall–Kier alpha value is -1.61. The zero-order valence-electron chi connectivity index (χ0n) is 7.99. The van der Waals surface area contributed by atoms with Gasteiger partial charge in [-0.15, -0.1) is 0 Å². The molecule has 0 saturated heterocycles. The highest BCUT2D eigenvalue weighted by Crippen LogP contribution is 1.82. The van der Waals surface area contributed by atoms with E-state index < -0.39 is 5.97 Å². The van der Waals surface area contributed by atoms with Crippen molar-refractivity contribution in [3.8, 4) is 6.07 Å². The molecule has 0 heterocycles. The summed E-state index contributed by atoms with van der Waals surface area (Å²) in [4.78, 5) is 22.7. The summed E-state index contributed by atoms with van der Waals surface area (Å²) in [5.41, 5.74) is 0. The molecule has 6 nitrogen and oxygen atoms in total. The molecule has 1 amide bonds. The molecule has 0 aliphatic rings. The highest BCUT2D eigenvalue weighted by atomic mass is 16.4. The number of aliphatic carboxylic acids is 1. The number of carbonyl (C=O) groups excluding carboxylic acids is 1. The highest BCUT2D eigenvalue weighted by molar-refractivity contribution is 5.78. The van der Waals surface area contributed by atoms with E-state index in [9.17, 15) is 9.59 Å². The Morgan fingerprint density at radius 1 is 1.50 bits per heavy atom. The van der Waals surface area contributed by atoms with Gasteiger partial charge in [-0.1, -0.05) is 0 Å². The maximum atomic E-state index is 11.1. The summed E-state index contributed by atoms with van der Waals surface area (Å²) in [6.07, 6.45) is 0.258. The largest absolute Gasteiger partial charge is 0.480 e. The van der Waals surface area contributed by atoms with E-state index in [1.807, 2.05) is 6.07 Å². The molecule has 0 atom stereocenters. The third-order valence-corrected chi connectivity index (χ3v) is 1.38. The minimum Gasteiger partial charge on any atom is -0.480 e. The molecular weight excluding hydrogens is 186 g/mol. The molecule has 0 bridgehead atoms. The predicted octanol–water partition coefficient (Wildman–Crippen LogP) is -0.967. The van der Waals surface area contributed by atoms with Crippen LogP contribution in [0.3, 0.4) is 0 Å². The molecule has 0 aliphatic carbocycles. The summed E-state index contributed by atoms with van der Waals surface area (Å²) in [5, 5.41) is 19.1. The van der Waals surface area contributed by atoms with Crippen molar-refractivity contribution in [3.05, 3.63) is 0 Å². The van der Waals surface area contributed by atoms with Gasteiger partial charge >= 0.3 is 5.97 Å². The SMILES string of the molecule is CN(CC(=O)O)CC(=O)NCCC#N. The van der Waals surface area contributed by atoms with Crippen LogP contribution in [0.15, 0.2) is 0 Å². The molecule has 0 rings (SSSR count). The monoisotopic (exact) mass is 199 g/mol. The Kier molecular flexibility index (Phi) is 6.07. The molecule has 0 saturated carbocycles. The van der Waals surface area contributed by atoms with E-state index >= 15 is 0 Å². The van der Waals surface area contributed by atoms with Gasteiger partial charge in [-0.25, -0.2) is 0 Å². The Morgan fingerprint density at radius 2 is 2.14 bits per heavy atom. The molecule has 2 N–H and O–H groups in total. The molecule has 0 aromatic rings. The fraction of sp³-hybridized carbons (Fsp3) is 0.625. The number of carboxylic acid groups (broad SMARTS) is 1. The lowest BCUT2D eigenvalue weighted by Crippen LogP contribution is -2.37. The fourth-order valence-corrected chi connectivity index (χ4v) is 0.846. The first-order valence-corrected chi connectivity index (χ1v) is 4.10. The lowest BCUT2D eigenvalue weighted by Gasteiger charge is -2.12. The Labute approximate surface area is 82.1 Å². The molecule has 0 aromatic carbocycles. The predicted molar refractivity (Wildman–Crippen MR) is 48.4 cm³/mol. The van der Waals surface area contributed by atoms with Crippen molar-refractivity contribution in [2.45, 2.75) is 6.42 Å². The van der Waals surface area contributed by atoms with Crippen LogP contribution in [-0.2, 0) is 9.59 Å². The highest BCUT2D eigenvalue weighted by Gasteiger charge is 2.08. The van der Waals surface area contributed by atoms with Crippen LogP contribution in [0, 0.1) is 11.3 Å². The Balaban J connectivity index is 3.61. The number of hydrogen-bond donors (Lipinski definition) is 2. The summed E-state index contributed by atoms with van der Waals surface area (Å²) in [6.45, 7) is 0.152. The van der Waals surface area contributed by atoms with Gasteiger partial charge in [-0.05, 0) is 7.05 Å². The van der Waals surface area contributed by atoms with Gasteiger partial charge in [0.15, 0.2) is 0 Å². The van der Waals surface area contributed by atoms with Crippen LogP contribution in [0.5, 0.6) is 0 Å². The fourth-order valence-electron chi connectivity index (χ4n) is 0.846. The van der Waals surface area contributed by atoms with Crippen molar-refractivity contribution >= 4 is 11.9 Å². The number of nitriles is 1. The first kappa shape index (κ1) is 12.4. The molecule has 0 unspecified atom stereocenters. The maximum absolute atomic E-state index is 11.1. The summed E-state index contributed by atoms with van der Waals surface area (Å²) in [6, 6.07) is 1.89. The second-order valence-electron chi connectivity index (χ2n) is 2.82. The molecule has 14 heavy (non-hydrogen) atoms. The van der Waals surface area contributed by atoms with Crippen LogP contribution < -0.4 is 5.32 Å². The normalized spacial score (nSPS) is 9.50. The molecule has 78 valence electrons. The smallest absolute Gasteiger partial charge is 0.317 e. The van der Waals surface area contributed by atoms with Crippen LogP contribution in [0.1, 0.15) is 6.42 Å². The Morgan fingerprint density at radius 3 is 2.64 bits per heavy atom. The van der Waals surface area contributed by atoms with E-state index in [2.05, 4.69) is 5.32 Å². The van der Waals surface area contributed by atoms with Gasteiger partial charge < -0.3 is 10.4 Å². The zero-order chi connectivity index (χ0) is 11.0. The summed E-state index contributed by atoms with van der Waals surface area (Å²) >= 11 is 0. The summed E-state index contributed by atoms with van der Waals surface area (Å²) in [5.74, 6) is -1.25. The number of carboxylic acids is 1. The van der Waals surface area contributed by atoms with Gasteiger partial charge in [-0.3, -0.25) is 14.5 Å². The minimum absolute atomic E-state index is 0.0255. The number of carbonyl (C=O) groups is 2. The maximum Gasteiger partial charge on any atom is 0.317 e. The van der Waals surface area contributed by atoms with Crippen molar-refractivity contribution in [3.63, 3.8) is 0 Å². The van der Waals surface area contributed by atoms with E-state index in [-0.39, 0.29) is 25.4 Å². The quantitative estimate of drug-likeness (QED) is 0.537. The average Bonchev–Trinajstić information content (AvgIpc) is 2.02. The third-order valence-electron chi connectivity index (χ3n) is 1.38. The van der Waals surface area contributed by atoms with Gasteiger partial charge in [0.2, 0.25) is 5.91 Å². The first-order valence-electron chi connectivity index (χ1n) is 4.10. The molecule has 6 heteroatoms. The number of likely N-dealkylation sites (N-methyl/N-ethyl adjacent to an activating group) is 1. The lowest BCUT2D eigenvalue weighted by atomic mass is 10.4. The van der Waals surface area contributed by atoms with Crippen LogP contribution in [0.4, 0.5) is 0 Å². The van der Waals surface area contributed by atoms with E-state index in [4.69, 9.17) is 10.4 Å². The lowest BCUT2D eigenvalue weighted by molar-refractivity contribution is -0.138. The van der Waals surface area contributed by atoms with Crippen molar-refractivity contribution in [2.24, 2.45) is 0 Å². The third kappa shape index (κ3) is 7.06. The summed E-state index contributed by atoms with van der Waals surface area (Å²) in [7, 11) is 1.54. The second-order valence-corrected chi connectivity index (χ2v) is 2.82. The van der Waals surface area contributed by atoms with Gasteiger partial charge in [0.1, 0.15) is 0 Å². The van der Waals surface area contributed by atoms with Crippen molar-refractivity contribution < 1.29 is 14.7 Å². The van der Waals surface area contributed by atoms with E-state index in [0.717, 1.165) is 0 Å². The number of hydrogen-bond acceptors (Lipinski definition) is 4. The minimum atomic E-state index is -0.975. The van der Waals surface area contributed by atoms with Crippen LogP contribution in [0.25, 0.3) is 0 Å². The van der Waals surface area contributed by atoms with Gasteiger partial charge in [0.25, 0.3) is 0 Å². The van der Waals surface area contributed by atoms with E-state index in [1.54, 1.807) is 0 Å². The average molecular weight is 199 g/mol. The molecule has 0 spiro atoms. The topological polar surface area (TPSA) is 93.4 Å². The number of nitrogens with zero attached hydrogens (tertiary/aromatic N) is 2. The van der Waals surface area contributed by atoms with Crippen LogP contribution in [0.2, 0.25) is 0 Å². The Bertz CT molecular complexity index is 247. The standard InChI is InChI=1S/C8H13N3O3/c1-11(6-8(13)14)5-7(12)10-4-2-3-9/h2,4-6H2,1H3,(H,10,12)(H,13,14). The van der Waals surface area contributed by atoms with Gasteiger partial charge in [0.05, 0.1) is 25.6 Å². The number of amides is 1. The number of rotatable bonds is 6. The molecule has 0 radical (unpaired) electrons.